The van der Waals surface area contributed by atoms with Crippen LogP contribution < -0.4 is 10.2 Å². The second-order valence-corrected chi connectivity index (χ2v) is 8.10. The Morgan fingerprint density at radius 1 is 1.28 bits per heavy atom. The first kappa shape index (κ1) is 19.3. The van der Waals surface area contributed by atoms with Gasteiger partial charge in [-0.3, -0.25) is 14.6 Å². The highest BCUT2D eigenvalue weighted by atomic mass is 32.1. The Kier molecular flexibility index (Phi) is 5.40. The molecular formula is C22H22N4O2S. The number of aryl methyl sites for hydroxylation is 1. The van der Waals surface area contributed by atoms with E-state index in [4.69, 9.17) is 0 Å². The summed E-state index contributed by atoms with van der Waals surface area (Å²) in [5.41, 5.74) is 3.75. The van der Waals surface area contributed by atoms with Crippen LogP contribution in [0.3, 0.4) is 0 Å². The lowest BCUT2D eigenvalue weighted by molar-refractivity contribution is -0.132. The number of hydrogen-bond donors (Lipinski definition) is 1. The molecule has 0 spiro atoms. The van der Waals surface area contributed by atoms with Crippen LogP contribution >= 0.6 is 11.3 Å². The fourth-order valence-corrected chi connectivity index (χ4v) is 4.25. The number of anilines is 1. The summed E-state index contributed by atoms with van der Waals surface area (Å²) < 4.78 is 0. The van der Waals surface area contributed by atoms with Gasteiger partial charge < -0.3 is 10.2 Å². The maximum atomic E-state index is 12.8. The van der Waals surface area contributed by atoms with Gasteiger partial charge in [0.05, 0.1) is 11.7 Å². The lowest BCUT2D eigenvalue weighted by Crippen LogP contribution is -2.38. The molecule has 0 bridgehead atoms. The predicted molar refractivity (Wildman–Crippen MR) is 114 cm³/mol. The average molecular weight is 407 g/mol. The number of aromatic nitrogens is 2. The van der Waals surface area contributed by atoms with Crippen LogP contribution in [0.2, 0.25) is 0 Å². The van der Waals surface area contributed by atoms with E-state index < -0.39 is 5.92 Å². The van der Waals surface area contributed by atoms with E-state index in [1.807, 2.05) is 55.6 Å². The van der Waals surface area contributed by atoms with Crippen LogP contribution in [0.5, 0.6) is 0 Å². The highest BCUT2D eigenvalue weighted by Crippen LogP contribution is 2.28. The molecule has 4 rings (SSSR count). The molecule has 148 valence electrons. The van der Waals surface area contributed by atoms with Crippen LogP contribution in [0.15, 0.2) is 54.2 Å². The molecule has 1 aliphatic rings. The van der Waals surface area contributed by atoms with Crippen molar-refractivity contribution >= 4 is 28.8 Å². The highest BCUT2D eigenvalue weighted by Gasteiger charge is 2.38. The summed E-state index contributed by atoms with van der Waals surface area (Å²) in [6.45, 7) is 4.45. The zero-order valence-corrected chi connectivity index (χ0v) is 17.1. The van der Waals surface area contributed by atoms with Crippen molar-refractivity contribution in [1.82, 2.24) is 15.3 Å². The average Bonchev–Trinajstić information content (AvgIpc) is 3.37. The number of thiazole rings is 1. The fraction of sp³-hybridized carbons (Fsp3) is 0.273. The molecule has 3 aromatic rings. The number of hydrogen-bond acceptors (Lipinski definition) is 5. The minimum absolute atomic E-state index is 0.145. The third kappa shape index (κ3) is 4.05. The zero-order valence-electron chi connectivity index (χ0n) is 16.3. The second kappa shape index (κ2) is 8.13. The van der Waals surface area contributed by atoms with Gasteiger partial charge in [0.2, 0.25) is 11.8 Å². The number of benzene rings is 1. The lowest BCUT2D eigenvalue weighted by atomic mass is 10.1. The molecule has 1 saturated heterocycles. The van der Waals surface area contributed by atoms with Crippen molar-refractivity contribution in [2.45, 2.75) is 26.3 Å². The molecule has 7 heteroatoms. The van der Waals surface area contributed by atoms with E-state index in [-0.39, 0.29) is 17.9 Å². The molecule has 1 aromatic carbocycles. The molecule has 2 atom stereocenters. The summed E-state index contributed by atoms with van der Waals surface area (Å²) in [4.78, 5) is 36.0. The molecule has 0 saturated carbocycles. The van der Waals surface area contributed by atoms with Gasteiger partial charge in [0.15, 0.2) is 0 Å². The molecule has 1 N–H and O–H groups in total. The number of nitrogens with zero attached hydrogens (tertiary/aromatic N) is 3. The molecule has 3 heterocycles. The maximum Gasteiger partial charge on any atom is 0.239 e. The number of carbonyl (C=O) groups is 2. The number of pyridine rings is 1. The molecule has 2 amide bonds. The Labute approximate surface area is 173 Å². The standard InChI is InChI=1S/C22H22N4O2S/c1-14-5-7-17(8-6-14)26-11-9-18(22(26)28)20(27)24-15(2)21-25-19(13-29-21)16-4-3-10-23-12-16/h3-8,10,12-13,15,18H,9,11H2,1-2H3,(H,24,27). The molecule has 0 radical (unpaired) electrons. The third-order valence-corrected chi connectivity index (χ3v) is 6.10. The first-order valence-corrected chi connectivity index (χ1v) is 10.4. The normalized spacial score (nSPS) is 17.4. The van der Waals surface area contributed by atoms with Crippen LogP contribution in [0.25, 0.3) is 11.3 Å². The molecule has 6 nitrogen and oxygen atoms in total. The zero-order chi connectivity index (χ0) is 20.4. The minimum Gasteiger partial charge on any atom is -0.346 e. The largest absolute Gasteiger partial charge is 0.346 e. The fourth-order valence-electron chi connectivity index (χ4n) is 3.41. The lowest BCUT2D eigenvalue weighted by Gasteiger charge is -2.18. The summed E-state index contributed by atoms with van der Waals surface area (Å²) in [7, 11) is 0. The molecular weight excluding hydrogens is 384 g/mol. The number of carbonyl (C=O) groups excluding carboxylic acids is 2. The van der Waals surface area contributed by atoms with Crippen molar-refractivity contribution in [3.63, 3.8) is 0 Å². The summed E-state index contributed by atoms with van der Waals surface area (Å²) >= 11 is 1.49. The number of nitrogens with one attached hydrogen (secondary N) is 1. The third-order valence-electron chi connectivity index (χ3n) is 5.08. The molecule has 1 fully saturated rings. The van der Waals surface area contributed by atoms with Gasteiger partial charge >= 0.3 is 0 Å². The van der Waals surface area contributed by atoms with E-state index in [9.17, 15) is 9.59 Å². The van der Waals surface area contributed by atoms with E-state index in [1.54, 1.807) is 17.3 Å². The molecule has 2 aromatic heterocycles. The van der Waals surface area contributed by atoms with E-state index >= 15 is 0 Å². The summed E-state index contributed by atoms with van der Waals surface area (Å²) in [6.07, 6.45) is 4.00. The van der Waals surface area contributed by atoms with Crippen molar-refractivity contribution in [1.29, 1.82) is 0 Å². The van der Waals surface area contributed by atoms with Crippen LogP contribution in [0.1, 0.15) is 30.0 Å². The quantitative estimate of drug-likeness (QED) is 0.655. The van der Waals surface area contributed by atoms with Gasteiger partial charge in [0.1, 0.15) is 10.9 Å². The van der Waals surface area contributed by atoms with Crippen LogP contribution in [-0.4, -0.2) is 28.3 Å². The minimum atomic E-state index is -0.656. The Balaban J connectivity index is 1.41. The monoisotopic (exact) mass is 406 g/mol. The molecule has 0 aliphatic carbocycles. The van der Waals surface area contributed by atoms with Gasteiger partial charge in [0, 0.05) is 35.6 Å². The second-order valence-electron chi connectivity index (χ2n) is 7.21. The number of rotatable bonds is 5. The van der Waals surface area contributed by atoms with Crippen molar-refractivity contribution in [2.24, 2.45) is 5.92 Å². The van der Waals surface area contributed by atoms with Crippen molar-refractivity contribution in [2.75, 3.05) is 11.4 Å². The molecule has 1 aliphatic heterocycles. The van der Waals surface area contributed by atoms with Crippen LogP contribution in [0, 0.1) is 12.8 Å². The first-order valence-electron chi connectivity index (χ1n) is 9.57. The van der Waals surface area contributed by atoms with E-state index in [0.717, 1.165) is 27.5 Å². The van der Waals surface area contributed by atoms with Crippen molar-refractivity contribution in [3.05, 3.63) is 64.7 Å². The predicted octanol–water partition coefficient (Wildman–Crippen LogP) is 3.74. The van der Waals surface area contributed by atoms with Gasteiger partial charge in [0.25, 0.3) is 0 Å². The highest BCUT2D eigenvalue weighted by molar-refractivity contribution is 7.10. The summed E-state index contributed by atoms with van der Waals surface area (Å²) in [5, 5.41) is 5.72. The topological polar surface area (TPSA) is 75.2 Å². The van der Waals surface area contributed by atoms with Crippen molar-refractivity contribution in [3.8, 4) is 11.3 Å². The van der Waals surface area contributed by atoms with Gasteiger partial charge in [-0.15, -0.1) is 11.3 Å². The van der Waals surface area contributed by atoms with E-state index in [1.165, 1.54) is 11.3 Å². The van der Waals surface area contributed by atoms with Gasteiger partial charge in [-0.25, -0.2) is 4.98 Å². The Morgan fingerprint density at radius 3 is 2.79 bits per heavy atom. The molecule has 2 unspecified atom stereocenters. The van der Waals surface area contributed by atoms with Crippen molar-refractivity contribution < 1.29 is 9.59 Å². The Hall–Kier alpha value is -3.06. The van der Waals surface area contributed by atoms with E-state index in [0.29, 0.717) is 13.0 Å². The summed E-state index contributed by atoms with van der Waals surface area (Å²) in [5.74, 6) is -1.04. The smallest absolute Gasteiger partial charge is 0.239 e. The molecule has 29 heavy (non-hydrogen) atoms. The van der Waals surface area contributed by atoms with E-state index in [2.05, 4.69) is 15.3 Å². The Morgan fingerprint density at radius 2 is 2.07 bits per heavy atom. The maximum absolute atomic E-state index is 12.8. The Bertz CT molecular complexity index is 1020. The van der Waals surface area contributed by atoms with Gasteiger partial charge in [-0.2, -0.15) is 0 Å². The number of amides is 2. The van der Waals surface area contributed by atoms with Crippen LogP contribution in [-0.2, 0) is 9.59 Å². The van der Waals surface area contributed by atoms with Gasteiger partial charge in [-0.05, 0) is 44.5 Å². The van der Waals surface area contributed by atoms with Gasteiger partial charge in [-0.1, -0.05) is 17.7 Å². The summed E-state index contributed by atoms with van der Waals surface area (Å²) in [6, 6.07) is 11.3. The SMILES string of the molecule is Cc1ccc(N2CCC(C(=O)NC(C)c3nc(-c4cccnc4)cs3)C2=O)cc1. The van der Waals surface area contributed by atoms with Crippen LogP contribution in [0.4, 0.5) is 5.69 Å². The first-order chi connectivity index (χ1) is 14.0.